The number of hydrogen-bond acceptors (Lipinski definition) is 2. The zero-order valence-corrected chi connectivity index (χ0v) is 15.7. The molecule has 2 aromatic carbocycles. The zero-order valence-electron chi connectivity index (χ0n) is 11.8. The van der Waals surface area contributed by atoms with E-state index in [0.29, 0.717) is 16.8 Å². The maximum Gasteiger partial charge on any atom is 0.147 e. The Bertz CT molecular complexity index is 634. The molecule has 2 nitrogen and oxygen atoms in total. The first-order chi connectivity index (χ1) is 10.0. The molecule has 0 radical (unpaired) electrons. The molecule has 0 spiro atoms. The fourth-order valence-corrected chi connectivity index (χ4v) is 2.94. The Morgan fingerprint density at radius 3 is 2.57 bits per heavy atom. The van der Waals surface area contributed by atoms with Gasteiger partial charge in [-0.2, -0.15) is 0 Å². The van der Waals surface area contributed by atoms with E-state index < -0.39 is 0 Å². The van der Waals surface area contributed by atoms with Gasteiger partial charge in [0.1, 0.15) is 11.5 Å². The molecule has 2 rings (SSSR count). The minimum Gasteiger partial charge on any atom is -0.455 e. The third-order valence-corrected chi connectivity index (χ3v) is 4.50. The van der Waals surface area contributed by atoms with Gasteiger partial charge in [0, 0.05) is 10.5 Å². The SMILES string of the molecule is CCNC(C)c1ccc(Oc2cc(Br)ccc2Cl)c(Br)c1. The molecule has 0 aliphatic heterocycles. The minimum absolute atomic E-state index is 0.301. The van der Waals surface area contributed by atoms with Crippen molar-refractivity contribution in [2.24, 2.45) is 0 Å². The second-order valence-electron chi connectivity index (χ2n) is 4.65. The van der Waals surface area contributed by atoms with Crippen molar-refractivity contribution in [2.75, 3.05) is 6.54 Å². The first-order valence-corrected chi connectivity index (χ1v) is 8.63. The molecule has 0 heterocycles. The standard InChI is InChI=1S/C16H16Br2ClNO/c1-3-20-10(2)11-4-7-15(13(18)8-11)21-16-9-12(17)5-6-14(16)19/h4-10,20H,3H2,1-2H3. The van der Waals surface area contributed by atoms with Crippen LogP contribution in [0.2, 0.25) is 5.02 Å². The maximum absolute atomic E-state index is 6.15. The highest BCUT2D eigenvalue weighted by Crippen LogP contribution is 2.36. The number of halogens is 3. The third kappa shape index (κ3) is 4.46. The lowest BCUT2D eigenvalue weighted by Gasteiger charge is -2.15. The van der Waals surface area contributed by atoms with Crippen molar-refractivity contribution >= 4 is 43.5 Å². The van der Waals surface area contributed by atoms with E-state index >= 15 is 0 Å². The Balaban J connectivity index is 2.23. The van der Waals surface area contributed by atoms with Crippen LogP contribution in [0.1, 0.15) is 25.5 Å². The fourth-order valence-electron chi connectivity index (χ4n) is 1.97. The number of rotatable bonds is 5. The molecule has 0 bridgehead atoms. The molecule has 0 amide bonds. The van der Waals surface area contributed by atoms with Crippen LogP contribution in [0.25, 0.3) is 0 Å². The molecule has 2 aromatic rings. The van der Waals surface area contributed by atoms with E-state index in [1.165, 1.54) is 5.56 Å². The van der Waals surface area contributed by atoms with Gasteiger partial charge in [0.2, 0.25) is 0 Å². The van der Waals surface area contributed by atoms with E-state index in [2.05, 4.69) is 63.2 Å². The monoisotopic (exact) mass is 431 g/mol. The van der Waals surface area contributed by atoms with Gasteiger partial charge in [-0.25, -0.2) is 0 Å². The highest BCUT2D eigenvalue weighted by atomic mass is 79.9. The summed E-state index contributed by atoms with van der Waals surface area (Å²) in [6.07, 6.45) is 0. The summed E-state index contributed by atoms with van der Waals surface area (Å²) in [5, 5.41) is 3.96. The molecule has 0 fully saturated rings. The van der Waals surface area contributed by atoms with Crippen LogP contribution in [0.4, 0.5) is 0 Å². The molecule has 0 aromatic heterocycles. The van der Waals surface area contributed by atoms with Crippen LogP contribution in [0, 0.1) is 0 Å². The molecule has 0 saturated heterocycles. The largest absolute Gasteiger partial charge is 0.455 e. The molecule has 0 aliphatic rings. The Kier molecular flexibility index (Phi) is 6.11. The second kappa shape index (κ2) is 7.63. The van der Waals surface area contributed by atoms with E-state index in [1.807, 2.05) is 18.2 Å². The predicted molar refractivity (Wildman–Crippen MR) is 95.5 cm³/mol. The summed E-state index contributed by atoms with van der Waals surface area (Å²) in [6.45, 7) is 5.17. The lowest BCUT2D eigenvalue weighted by atomic mass is 10.1. The minimum atomic E-state index is 0.301. The molecule has 0 saturated carbocycles. The van der Waals surface area contributed by atoms with Gasteiger partial charge < -0.3 is 10.1 Å². The van der Waals surface area contributed by atoms with Crippen LogP contribution >= 0.6 is 43.5 Å². The van der Waals surface area contributed by atoms with Gasteiger partial charge in [-0.05, 0) is 65.3 Å². The van der Waals surface area contributed by atoms with Gasteiger partial charge in [-0.3, -0.25) is 0 Å². The molecule has 1 N–H and O–H groups in total. The van der Waals surface area contributed by atoms with Gasteiger partial charge in [0.05, 0.1) is 9.50 Å². The lowest BCUT2D eigenvalue weighted by molar-refractivity contribution is 0.478. The smallest absolute Gasteiger partial charge is 0.147 e. The summed E-state index contributed by atoms with van der Waals surface area (Å²) in [7, 11) is 0. The summed E-state index contributed by atoms with van der Waals surface area (Å²) in [6, 6.07) is 11.9. The van der Waals surface area contributed by atoms with Crippen LogP contribution in [0.15, 0.2) is 45.3 Å². The normalized spacial score (nSPS) is 12.2. The number of nitrogens with one attached hydrogen (secondary N) is 1. The predicted octanol–water partition coefficient (Wildman–Crippen LogP) is 6.33. The van der Waals surface area contributed by atoms with Gasteiger partial charge in [0.15, 0.2) is 0 Å². The first-order valence-electron chi connectivity index (χ1n) is 6.67. The van der Waals surface area contributed by atoms with Crippen LogP contribution in [-0.2, 0) is 0 Å². The molecule has 1 unspecified atom stereocenters. The quantitative estimate of drug-likeness (QED) is 0.595. The Morgan fingerprint density at radius 1 is 1.14 bits per heavy atom. The van der Waals surface area contributed by atoms with Crippen molar-refractivity contribution < 1.29 is 4.74 Å². The van der Waals surface area contributed by atoms with Crippen LogP contribution < -0.4 is 10.1 Å². The van der Waals surface area contributed by atoms with Crippen molar-refractivity contribution in [3.63, 3.8) is 0 Å². The summed E-state index contributed by atoms with van der Waals surface area (Å²) in [4.78, 5) is 0. The Hall–Kier alpha value is -0.550. The fraction of sp³-hybridized carbons (Fsp3) is 0.250. The van der Waals surface area contributed by atoms with Crippen LogP contribution in [0.3, 0.4) is 0 Å². The summed E-state index contributed by atoms with van der Waals surface area (Å²) < 4.78 is 7.72. The molecular formula is C16H16Br2ClNO. The summed E-state index contributed by atoms with van der Waals surface area (Å²) in [5.74, 6) is 1.36. The number of hydrogen-bond donors (Lipinski definition) is 1. The van der Waals surface area contributed by atoms with Crippen LogP contribution in [-0.4, -0.2) is 6.54 Å². The lowest BCUT2D eigenvalue weighted by Crippen LogP contribution is -2.17. The first kappa shape index (κ1) is 16.8. The van der Waals surface area contributed by atoms with Crippen molar-refractivity contribution in [1.29, 1.82) is 0 Å². The Morgan fingerprint density at radius 2 is 1.90 bits per heavy atom. The van der Waals surface area contributed by atoms with E-state index in [-0.39, 0.29) is 0 Å². The number of ether oxygens (including phenoxy) is 1. The maximum atomic E-state index is 6.15. The highest BCUT2D eigenvalue weighted by Gasteiger charge is 2.10. The third-order valence-electron chi connectivity index (χ3n) is 3.08. The van der Waals surface area contributed by atoms with E-state index in [0.717, 1.165) is 21.2 Å². The molecular weight excluding hydrogens is 417 g/mol. The molecule has 21 heavy (non-hydrogen) atoms. The van der Waals surface area contributed by atoms with E-state index in [1.54, 1.807) is 6.07 Å². The van der Waals surface area contributed by atoms with Crippen molar-refractivity contribution in [2.45, 2.75) is 19.9 Å². The van der Waals surface area contributed by atoms with Crippen molar-refractivity contribution in [3.05, 3.63) is 55.9 Å². The second-order valence-corrected chi connectivity index (χ2v) is 6.82. The van der Waals surface area contributed by atoms with Crippen LogP contribution in [0.5, 0.6) is 11.5 Å². The topological polar surface area (TPSA) is 21.3 Å². The van der Waals surface area contributed by atoms with Gasteiger partial charge in [0.25, 0.3) is 0 Å². The van der Waals surface area contributed by atoms with E-state index in [9.17, 15) is 0 Å². The molecule has 0 aliphatic carbocycles. The van der Waals surface area contributed by atoms with Gasteiger partial charge >= 0.3 is 0 Å². The van der Waals surface area contributed by atoms with Gasteiger partial charge in [-0.1, -0.05) is 40.5 Å². The number of benzene rings is 2. The average molecular weight is 434 g/mol. The highest BCUT2D eigenvalue weighted by molar-refractivity contribution is 9.10. The summed E-state index contributed by atoms with van der Waals surface area (Å²) >= 11 is 13.1. The Labute approximate surface area is 147 Å². The molecule has 5 heteroatoms. The molecule has 1 atom stereocenters. The molecule has 112 valence electrons. The van der Waals surface area contributed by atoms with Gasteiger partial charge in [-0.15, -0.1) is 0 Å². The van der Waals surface area contributed by atoms with Crippen molar-refractivity contribution in [3.8, 4) is 11.5 Å². The van der Waals surface area contributed by atoms with Crippen molar-refractivity contribution in [1.82, 2.24) is 5.32 Å². The zero-order chi connectivity index (χ0) is 15.4. The summed E-state index contributed by atoms with van der Waals surface area (Å²) in [5.41, 5.74) is 1.21. The van der Waals surface area contributed by atoms with E-state index in [4.69, 9.17) is 16.3 Å². The average Bonchev–Trinajstić information content (AvgIpc) is 2.45.